The number of amides is 1. The van der Waals surface area contributed by atoms with Crippen molar-refractivity contribution in [2.75, 3.05) is 11.9 Å². The fourth-order valence-electron chi connectivity index (χ4n) is 1.68. The second kappa shape index (κ2) is 7.79. The van der Waals surface area contributed by atoms with E-state index >= 15 is 0 Å². The van der Waals surface area contributed by atoms with Crippen molar-refractivity contribution in [3.05, 3.63) is 52.1 Å². The number of esters is 1. The zero-order valence-corrected chi connectivity index (χ0v) is 14.0. The minimum atomic E-state index is -0.412. The van der Waals surface area contributed by atoms with Crippen molar-refractivity contribution < 1.29 is 19.1 Å². The topological polar surface area (TPSA) is 64.6 Å². The summed E-state index contributed by atoms with van der Waals surface area (Å²) in [6.07, 6.45) is 0. The van der Waals surface area contributed by atoms with E-state index in [-0.39, 0.29) is 12.5 Å². The minimum absolute atomic E-state index is 0.0988. The first-order valence-corrected chi connectivity index (χ1v) is 7.57. The van der Waals surface area contributed by atoms with Crippen molar-refractivity contribution in [3.63, 3.8) is 0 Å². The summed E-state index contributed by atoms with van der Waals surface area (Å²) < 4.78 is 11.4. The zero-order valence-electron chi connectivity index (χ0n) is 11.8. The van der Waals surface area contributed by atoms with Crippen LogP contribution in [0.3, 0.4) is 0 Å². The summed E-state index contributed by atoms with van der Waals surface area (Å²) in [5.74, 6) is 0.303. The number of nitrogens with one attached hydrogen (secondary N) is 1. The average Bonchev–Trinajstić information content (AvgIpc) is 2.46. The van der Waals surface area contributed by atoms with E-state index in [0.29, 0.717) is 17.2 Å². The fraction of sp³-hybridized carbons (Fsp3) is 0.125. The number of carbonyl (C=O) groups excluding carboxylic acids is 2. The Balaban J connectivity index is 1.89. The van der Waals surface area contributed by atoms with E-state index < -0.39 is 5.97 Å². The van der Waals surface area contributed by atoms with Gasteiger partial charge in [0.2, 0.25) is 0 Å². The van der Waals surface area contributed by atoms with Crippen molar-refractivity contribution in [2.24, 2.45) is 0 Å². The van der Waals surface area contributed by atoms with Crippen LogP contribution < -0.4 is 14.8 Å². The van der Waals surface area contributed by atoms with Crippen LogP contribution in [-0.4, -0.2) is 18.5 Å². The van der Waals surface area contributed by atoms with Crippen LogP contribution in [0.25, 0.3) is 0 Å². The number of carbonyl (C=O) groups is 2. The molecule has 0 aromatic heterocycles. The molecule has 22 heavy (non-hydrogen) atoms. The van der Waals surface area contributed by atoms with Crippen LogP contribution in [0, 0.1) is 3.57 Å². The number of halogens is 1. The Morgan fingerprint density at radius 3 is 2.50 bits per heavy atom. The summed E-state index contributed by atoms with van der Waals surface area (Å²) in [4.78, 5) is 22.7. The molecular weight excluding hydrogens is 397 g/mol. The predicted molar refractivity (Wildman–Crippen MR) is 91.0 cm³/mol. The molecule has 2 rings (SSSR count). The lowest BCUT2D eigenvalue weighted by molar-refractivity contribution is -0.131. The Morgan fingerprint density at radius 2 is 1.82 bits per heavy atom. The SMILES string of the molecule is CC(=O)Oc1cccc(NC(=O)COc2ccc(I)cc2)c1. The van der Waals surface area contributed by atoms with Gasteiger partial charge in [-0.2, -0.15) is 0 Å². The van der Waals surface area contributed by atoms with Crippen LogP contribution in [0.15, 0.2) is 48.5 Å². The van der Waals surface area contributed by atoms with Gasteiger partial charge in [-0.15, -0.1) is 0 Å². The Morgan fingerprint density at radius 1 is 1.09 bits per heavy atom. The molecule has 5 nitrogen and oxygen atoms in total. The lowest BCUT2D eigenvalue weighted by atomic mass is 10.3. The average molecular weight is 411 g/mol. The molecule has 0 saturated heterocycles. The molecule has 0 aliphatic heterocycles. The van der Waals surface area contributed by atoms with Crippen molar-refractivity contribution in [2.45, 2.75) is 6.92 Å². The van der Waals surface area contributed by atoms with Crippen LogP contribution in [0.5, 0.6) is 11.5 Å². The van der Waals surface area contributed by atoms with Gasteiger partial charge in [-0.25, -0.2) is 0 Å². The first-order valence-electron chi connectivity index (χ1n) is 6.49. The number of anilines is 1. The molecule has 0 radical (unpaired) electrons. The quantitative estimate of drug-likeness (QED) is 0.466. The molecule has 0 spiro atoms. The molecule has 0 heterocycles. The first-order chi connectivity index (χ1) is 10.5. The molecule has 0 atom stereocenters. The van der Waals surface area contributed by atoms with E-state index in [1.54, 1.807) is 36.4 Å². The predicted octanol–water partition coefficient (Wildman–Crippen LogP) is 3.23. The summed E-state index contributed by atoms with van der Waals surface area (Å²) >= 11 is 2.19. The summed E-state index contributed by atoms with van der Waals surface area (Å²) in [7, 11) is 0. The maximum absolute atomic E-state index is 11.8. The monoisotopic (exact) mass is 411 g/mol. The molecule has 0 fully saturated rings. The van der Waals surface area contributed by atoms with E-state index in [1.165, 1.54) is 6.92 Å². The second-order valence-electron chi connectivity index (χ2n) is 4.41. The number of ether oxygens (including phenoxy) is 2. The van der Waals surface area contributed by atoms with Gasteiger partial charge in [0.25, 0.3) is 5.91 Å². The van der Waals surface area contributed by atoms with Gasteiger partial charge in [-0.3, -0.25) is 9.59 Å². The van der Waals surface area contributed by atoms with Gasteiger partial charge >= 0.3 is 5.97 Å². The Labute approximate surface area is 141 Å². The van der Waals surface area contributed by atoms with Crippen LogP contribution in [0.1, 0.15) is 6.92 Å². The van der Waals surface area contributed by atoms with Crippen molar-refractivity contribution in [1.82, 2.24) is 0 Å². The second-order valence-corrected chi connectivity index (χ2v) is 5.66. The van der Waals surface area contributed by atoms with Crippen LogP contribution in [0.4, 0.5) is 5.69 Å². The molecule has 0 aliphatic carbocycles. The highest BCUT2D eigenvalue weighted by Crippen LogP contribution is 2.18. The maximum Gasteiger partial charge on any atom is 0.308 e. The molecule has 2 aromatic carbocycles. The fourth-order valence-corrected chi connectivity index (χ4v) is 2.04. The van der Waals surface area contributed by atoms with Gasteiger partial charge in [0.05, 0.1) is 0 Å². The molecule has 0 bridgehead atoms. The van der Waals surface area contributed by atoms with Gasteiger partial charge in [0.15, 0.2) is 6.61 Å². The Bertz CT molecular complexity index is 670. The third kappa shape index (κ3) is 5.36. The van der Waals surface area contributed by atoms with E-state index in [1.807, 2.05) is 12.1 Å². The molecule has 114 valence electrons. The normalized spacial score (nSPS) is 9.91. The summed E-state index contributed by atoms with van der Waals surface area (Å²) in [5.41, 5.74) is 0.537. The van der Waals surface area contributed by atoms with Gasteiger partial charge in [0, 0.05) is 22.2 Å². The lowest BCUT2D eigenvalue weighted by Crippen LogP contribution is -2.20. The Kier molecular flexibility index (Phi) is 5.76. The smallest absolute Gasteiger partial charge is 0.308 e. The largest absolute Gasteiger partial charge is 0.484 e. The summed E-state index contributed by atoms with van der Waals surface area (Å²) in [5, 5.41) is 2.68. The summed E-state index contributed by atoms with van der Waals surface area (Å²) in [6.45, 7) is 1.22. The molecule has 0 saturated carbocycles. The molecule has 6 heteroatoms. The number of benzene rings is 2. The van der Waals surface area contributed by atoms with E-state index in [2.05, 4.69) is 27.9 Å². The molecule has 1 N–H and O–H groups in total. The summed E-state index contributed by atoms with van der Waals surface area (Å²) in [6, 6.07) is 14.0. The third-order valence-electron chi connectivity index (χ3n) is 2.56. The number of hydrogen-bond acceptors (Lipinski definition) is 4. The third-order valence-corrected chi connectivity index (χ3v) is 3.28. The molecule has 1 amide bonds. The van der Waals surface area contributed by atoms with Gasteiger partial charge in [-0.05, 0) is 59.0 Å². The van der Waals surface area contributed by atoms with E-state index in [9.17, 15) is 9.59 Å². The zero-order chi connectivity index (χ0) is 15.9. The van der Waals surface area contributed by atoms with Crippen molar-refractivity contribution in [1.29, 1.82) is 0 Å². The van der Waals surface area contributed by atoms with Gasteiger partial charge < -0.3 is 14.8 Å². The van der Waals surface area contributed by atoms with E-state index in [0.717, 1.165) is 3.57 Å². The minimum Gasteiger partial charge on any atom is -0.484 e. The lowest BCUT2D eigenvalue weighted by Gasteiger charge is -2.08. The van der Waals surface area contributed by atoms with E-state index in [4.69, 9.17) is 9.47 Å². The molecule has 2 aromatic rings. The van der Waals surface area contributed by atoms with Gasteiger partial charge in [0.1, 0.15) is 11.5 Å². The maximum atomic E-state index is 11.8. The highest BCUT2D eigenvalue weighted by atomic mass is 127. The van der Waals surface area contributed by atoms with Crippen molar-refractivity contribution in [3.8, 4) is 11.5 Å². The standard InChI is InChI=1S/C16H14INO4/c1-11(19)22-15-4-2-3-13(9-15)18-16(20)10-21-14-7-5-12(17)6-8-14/h2-9H,10H2,1H3,(H,18,20). The molecular formula is C16H14INO4. The van der Waals surface area contributed by atoms with Crippen LogP contribution >= 0.6 is 22.6 Å². The van der Waals surface area contributed by atoms with Gasteiger partial charge in [-0.1, -0.05) is 6.07 Å². The highest BCUT2D eigenvalue weighted by molar-refractivity contribution is 14.1. The molecule has 0 unspecified atom stereocenters. The first kappa shape index (κ1) is 16.3. The van der Waals surface area contributed by atoms with Crippen molar-refractivity contribution >= 4 is 40.2 Å². The molecule has 0 aliphatic rings. The number of rotatable bonds is 5. The van der Waals surface area contributed by atoms with Crippen LogP contribution in [-0.2, 0) is 9.59 Å². The highest BCUT2D eigenvalue weighted by Gasteiger charge is 2.05. The Hall–Kier alpha value is -2.09. The van der Waals surface area contributed by atoms with Crippen LogP contribution in [0.2, 0.25) is 0 Å². The number of hydrogen-bond donors (Lipinski definition) is 1.